The molecule has 68 valence electrons. The van der Waals surface area contributed by atoms with Gasteiger partial charge in [0.15, 0.2) is 10.7 Å². The van der Waals surface area contributed by atoms with E-state index in [9.17, 15) is 5.11 Å². The van der Waals surface area contributed by atoms with E-state index in [0.29, 0.717) is 4.62 Å². The molecular formula is C9H8BrNO2. The molecule has 1 aliphatic heterocycles. The fraction of sp³-hybridized carbons (Fsp3) is 0.222. The molecule has 13 heavy (non-hydrogen) atoms. The zero-order valence-corrected chi connectivity index (χ0v) is 8.31. The van der Waals surface area contributed by atoms with Crippen molar-refractivity contribution in [3.05, 3.63) is 35.9 Å². The topological polar surface area (TPSA) is 41.8 Å². The molecule has 1 N–H and O–H groups in total. The first kappa shape index (κ1) is 8.72. The number of hydrogen-bond donors (Lipinski definition) is 1. The molecule has 0 fully saturated rings. The molecular weight excluding hydrogens is 234 g/mol. The molecule has 1 aromatic rings. The van der Waals surface area contributed by atoms with E-state index in [0.717, 1.165) is 5.56 Å². The molecule has 1 aromatic carbocycles. The van der Waals surface area contributed by atoms with E-state index in [1.807, 2.05) is 30.3 Å². The van der Waals surface area contributed by atoms with Gasteiger partial charge in [-0.2, -0.15) is 0 Å². The van der Waals surface area contributed by atoms with Gasteiger partial charge in [-0.05, 0) is 21.5 Å². The lowest BCUT2D eigenvalue weighted by Gasteiger charge is -2.11. The Morgan fingerprint density at radius 3 is 2.54 bits per heavy atom. The number of hydrogen-bond acceptors (Lipinski definition) is 3. The maximum absolute atomic E-state index is 9.61. The van der Waals surface area contributed by atoms with Crippen LogP contribution < -0.4 is 0 Å². The van der Waals surface area contributed by atoms with Crippen molar-refractivity contribution < 1.29 is 9.94 Å². The molecule has 1 heterocycles. The van der Waals surface area contributed by atoms with Gasteiger partial charge in [-0.3, -0.25) is 0 Å². The Morgan fingerprint density at radius 2 is 2.00 bits per heavy atom. The first-order chi connectivity index (χ1) is 6.29. The number of rotatable bonds is 1. The van der Waals surface area contributed by atoms with Crippen LogP contribution in [0.3, 0.4) is 0 Å². The van der Waals surface area contributed by atoms with Crippen LogP contribution in [-0.2, 0) is 4.84 Å². The summed E-state index contributed by atoms with van der Waals surface area (Å²) in [5.74, 6) is 0. The van der Waals surface area contributed by atoms with Crippen molar-refractivity contribution in [3.63, 3.8) is 0 Å². The highest BCUT2D eigenvalue weighted by molar-refractivity contribution is 9.18. The number of nitrogens with zero attached hydrogens (tertiary/aromatic N) is 1. The zero-order valence-electron chi connectivity index (χ0n) is 6.72. The molecule has 0 aromatic heterocycles. The second-order valence-corrected chi connectivity index (χ2v) is 3.61. The van der Waals surface area contributed by atoms with Gasteiger partial charge in [-0.15, -0.1) is 0 Å². The molecule has 3 nitrogen and oxygen atoms in total. The Morgan fingerprint density at radius 1 is 1.31 bits per heavy atom. The second-order valence-electron chi connectivity index (χ2n) is 2.80. The summed E-state index contributed by atoms with van der Waals surface area (Å²) in [7, 11) is 0. The van der Waals surface area contributed by atoms with Gasteiger partial charge in [0, 0.05) is 0 Å². The van der Waals surface area contributed by atoms with Crippen LogP contribution in [0.1, 0.15) is 11.7 Å². The first-order valence-corrected chi connectivity index (χ1v) is 4.70. The lowest BCUT2D eigenvalue weighted by atomic mass is 10.1. The van der Waals surface area contributed by atoms with Crippen LogP contribution in [0.2, 0.25) is 0 Å². The minimum atomic E-state index is -0.692. The van der Waals surface area contributed by atoms with Gasteiger partial charge in [0.2, 0.25) is 0 Å². The Balaban J connectivity index is 2.22. The highest BCUT2D eigenvalue weighted by Gasteiger charge is 2.31. The van der Waals surface area contributed by atoms with Crippen molar-refractivity contribution in [1.82, 2.24) is 0 Å². The monoisotopic (exact) mass is 241 g/mol. The lowest BCUT2D eigenvalue weighted by molar-refractivity contribution is 0.0208. The maximum Gasteiger partial charge on any atom is 0.184 e. The molecule has 0 bridgehead atoms. The average Bonchev–Trinajstić information content (AvgIpc) is 2.49. The first-order valence-electron chi connectivity index (χ1n) is 3.91. The third-order valence-corrected chi connectivity index (χ3v) is 2.53. The van der Waals surface area contributed by atoms with Gasteiger partial charge in [-0.25, -0.2) is 0 Å². The normalized spacial score (nSPS) is 26.8. The summed E-state index contributed by atoms with van der Waals surface area (Å²) in [5.41, 5.74) is 0.924. The fourth-order valence-corrected chi connectivity index (χ4v) is 1.55. The van der Waals surface area contributed by atoms with Gasteiger partial charge in [-0.1, -0.05) is 35.5 Å². The molecule has 0 aliphatic carbocycles. The molecule has 0 spiro atoms. The third-order valence-electron chi connectivity index (χ3n) is 1.91. The molecule has 0 radical (unpaired) electrons. The van der Waals surface area contributed by atoms with E-state index in [1.54, 1.807) is 0 Å². The summed E-state index contributed by atoms with van der Waals surface area (Å²) in [4.78, 5) is 5.05. The van der Waals surface area contributed by atoms with Crippen molar-refractivity contribution in [2.45, 2.75) is 12.2 Å². The predicted octanol–water partition coefficient (Wildman–Crippen LogP) is 1.83. The smallest absolute Gasteiger partial charge is 0.184 e. The van der Waals surface area contributed by atoms with Crippen LogP contribution in [0.4, 0.5) is 0 Å². The number of halogens is 1. The van der Waals surface area contributed by atoms with E-state index >= 15 is 0 Å². The van der Waals surface area contributed by atoms with Crippen molar-refractivity contribution in [3.8, 4) is 0 Å². The summed E-state index contributed by atoms with van der Waals surface area (Å²) in [6.45, 7) is 0. The van der Waals surface area contributed by atoms with Gasteiger partial charge < -0.3 is 9.94 Å². The van der Waals surface area contributed by atoms with Crippen molar-refractivity contribution >= 4 is 20.6 Å². The summed E-state index contributed by atoms with van der Waals surface area (Å²) in [5, 5.41) is 13.3. The lowest BCUT2D eigenvalue weighted by Crippen LogP contribution is -2.18. The van der Waals surface area contributed by atoms with E-state index in [1.165, 1.54) is 0 Å². The van der Waals surface area contributed by atoms with E-state index < -0.39 is 6.10 Å². The highest BCUT2D eigenvalue weighted by atomic mass is 79.9. The standard InChI is InChI=1S/C9H8BrNO2/c10-9-7(12)8(13-11-9)6-4-2-1-3-5-6/h1-5,7-8,12H/t7-,8-/m0/s1. The number of aliphatic hydroxyl groups excluding tert-OH is 1. The summed E-state index contributed by atoms with van der Waals surface area (Å²) >= 11 is 3.12. The maximum atomic E-state index is 9.61. The predicted molar refractivity (Wildman–Crippen MR) is 52.6 cm³/mol. The van der Waals surface area contributed by atoms with Gasteiger partial charge >= 0.3 is 0 Å². The van der Waals surface area contributed by atoms with E-state index in [2.05, 4.69) is 21.1 Å². The average molecular weight is 242 g/mol. The fourth-order valence-electron chi connectivity index (χ4n) is 1.23. The van der Waals surface area contributed by atoms with Crippen LogP contribution in [0.25, 0.3) is 0 Å². The van der Waals surface area contributed by atoms with Crippen LogP contribution in [0.15, 0.2) is 35.5 Å². The van der Waals surface area contributed by atoms with E-state index in [-0.39, 0.29) is 6.10 Å². The van der Waals surface area contributed by atoms with Crippen molar-refractivity contribution in [2.24, 2.45) is 5.16 Å². The Hall–Kier alpha value is -0.870. The Kier molecular flexibility index (Phi) is 2.33. The molecule has 0 unspecified atom stereocenters. The summed E-state index contributed by atoms with van der Waals surface area (Å²) < 4.78 is 0.446. The minimum absolute atomic E-state index is 0.379. The largest absolute Gasteiger partial charge is 0.384 e. The second kappa shape index (κ2) is 3.47. The van der Waals surface area contributed by atoms with Crippen molar-refractivity contribution in [2.75, 3.05) is 0 Å². The number of aliphatic hydroxyl groups is 1. The molecule has 2 atom stereocenters. The van der Waals surface area contributed by atoms with E-state index in [4.69, 9.17) is 4.84 Å². The zero-order chi connectivity index (χ0) is 9.26. The summed E-state index contributed by atoms with van der Waals surface area (Å²) in [6.07, 6.45) is -1.07. The van der Waals surface area contributed by atoms with Gasteiger partial charge in [0.1, 0.15) is 6.10 Å². The molecule has 1 aliphatic rings. The molecule has 0 saturated carbocycles. The van der Waals surface area contributed by atoms with Gasteiger partial charge in [0.25, 0.3) is 0 Å². The van der Waals surface area contributed by atoms with Crippen LogP contribution in [0.5, 0.6) is 0 Å². The summed E-state index contributed by atoms with van der Waals surface area (Å²) in [6, 6.07) is 9.51. The SMILES string of the molecule is O[C@@H]1C(Br)=NO[C@H]1c1ccccc1. The van der Waals surface area contributed by atoms with Gasteiger partial charge in [0.05, 0.1) is 0 Å². The minimum Gasteiger partial charge on any atom is -0.384 e. The number of benzene rings is 1. The quantitative estimate of drug-likeness (QED) is 0.816. The third kappa shape index (κ3) is 1.59. The Labute approximate surface area is 84.1 Å². The molecule has 2 rings (SSSR count). The number of oxime groups is 1. The molecule has 0 saturated heterocycles. The molecule has 0 amide bonds. The highest BCUT2D eigenvalue weighted by Crippen LogP contribution is 2.28. The van der Waals surface area contributed by atoms with Crippen molar-refractivity contribution in [1.29, 1.82) is 0 Å². The Bertz CT molecular complexity index is 326. The van der Waals surface area contributed by atoms with Crippen LogP contribution >= 0.6 is 15.9 Å². The van der Waals surface area contributed by atoms with Crippen LogP contribution in [-0.4, -0.2) is 15.8 Å². The molecule has 4 heteroatoms. The van der Waals surface area contributed by atoms with Crippen LogP contribution in [0, 0.1) is 0 Å².